The van der Waals surface area contributed by atoms with Crippen molar-refractivity contribution in [1.29, 1.82) is 5.26 Å². The van der Waals surface area contributed by atoms with Crippen LogP contribution in [0.4, 0.5) is 0 Å². The Morgan fingerprint density at radius 1 is 0.440 bits per heavy atom. The monoisotopic (exact) mass is 1940 g/mol. The van der Waals surface area contributed by atoms with E-state index in [1.807, 2.05) is 54.6 Å². The molecule has 2 atom stereocenters. The Labute approximate surface area is 790 Å². The van der Waals surface area contributed by atoms with Gasteiger partial charge in [0, 0.05) is 117 Å². The first kappa shape index (κ1) is 118. The molecule has 0 spiro atoms. The van der Waals surface area contributed by atoms with Crippen LogP contribution in [0.5, 0.6) is 0 Å². The molecule has 0 saturated heterocycles. The fraction of sp³-hybridized carbons (Fsp3) is 0.404. The van der Waals surface area contributed by atoms with Crippen molar-refractivity contribution >= 4 is 77.9 Å². The molecular weight excluding hydrogens is 1820 g/mol. The predicted molar refractivity (Wildman–Crippen MR) is 479 cm³/mol. The minimum absolute atomic E-state index is 0. The summed E-state index contributed by atoms with van der Waals surface area (Å²) in [5, 5.41) is 70.0. The van der Waals surface area contributed by atoms with Crippen molar-refractivity contribution in [3.05, 3.63) is 179 Å². The molecule has 31 nitrogen and oxygen atoms in total. The van der Waals surface area contributed by atoms with Gasteiger partial charge >= 0.3 is 62.9 Å². The first-order valence-electron chi connectivity index (χ1n) is 38.7. The van der Waals surface area contributed by atoms with Gasteiger partial charge < -0.3 is 82.9 Å². The molecule has 36 heteroatoms. The van der Waals surface area contributed by atoms with Gasteiger partial charge in [-0.1, -0.05) is 115 Å². The molecule has 125 heavy (non-hydrogen) atoms. The van der Waals surface area contributed by atoms with Crippen molar-refractivity contribution in [3.63, 3.8) is 0 Å². The van der Waals surface area contributed by atoms with Crippen LogP contribution in [0.2, 0.25) is 0 Å². The number of ether oxygens (including phenoxy) is 1. The molecule has 2 unspecified atom stereocenters. The Balaban J connectivity index is 0. The summed E-state index contributed by atoms with van der Waals surface area (Å²) in [5.41, 5.74) is 12.8. The van der Waals surface area contributed by atoms with Crippen molar-refractivity contribution in [1.82, 2.24) is 54.8 Å². The Kier molecular flexibility index (Phi) is 62.1. The number of carbonyl (C=O) groups is 6. The number of carbonyl (C=O) groups excluding carboxylic acids is 6. The van der Waals surface area contributed by atoms with E-state index in [0.29, 0.717) is 72.0 Å². The number of hydrogen-bond donors (Lipinski definition) is 3. The van der Waals surface area contributed by atoms with Gasteiger partial charge in [0.05, 0.1) is 138 Å². The maximum atomic E-state index is 12.2. The summed E-state index contributed by atoms with van der Waals surface area (Å²) in [6, 6.07) is 47.6. The number of rotatable bonds is 42. The number of esters is 1. The van der Waals surface area contributed by atoms with Crippen molar-refractivity contribution in [3.8, 4) is 97.6 Å². The molecule has 6 aromatic heterocycles. The number of nitriles is 1. The van der Waals surface area contributed by atoms with Crippen molar-refractivity contribution in [2.45, 2.75) is 127 Å². The number of carboxylic acid groups (broad SMARTS) is 4. The number of aliphatic hydroxyl groups excluding tert-OH is 2. The molecular formula is C89H117EuN12O19P2S2-2. The van der Waals surface area contributed by atoms with Gasteiger partial charge in [0.15, 0.2) is 0 Å². The number of aliphatic carboxylic acids is 4. The third kappa shape index (κ3) is 47.5. The number of aliphatic hydroxyl groups is 2. The fourth-order valence-corrected chi connectivity index (χ4v) is 12.7. The number of hydrogen-bond acceptors (Lipinski definition) is 30. The van der Waals surface area contributed by atoms with Crippen LogP contribution >= 0.6 is 42.2 Å². The number of benzene rings is 2. The van der Waals surface area contributed by atoms with Crippen LogP contribution in [0.1, 0.15) is 134 Å². The zero-order valence-electron chi connectivity index (χ0n) is 70.9. The largest absolute Gasteiger partial charge is 3.00 e. The summed E-state index contributed by atoms with van der Waals surface area (Å²) in [5.74, 6) is 6.27. The summed E-state index contributed by atoms with van der Waals surface area (Å²) in [6.07, 6.45) is 4.53. The number of aromatic nitrogens is 6. The van der Waals surface area contributed by atoms with Gasteiger partial charge in [-0.05, 0) is 171 Å². The van der Waals surface area contributed by atoms with E-state index in [0.717, 1.165) is 145 Å². The third-order valence-electron chi connectivity index (χ3n) is 17.2. The molecule has 0 saturated carbocycles. The standard InChI is InChI=1S/C41H51N6O3P.C38H40N5O11P.C6H11NO3.2CH4O.2CH4.Eu.2H2S/c1-6-46(7-2)31-36-18-14-20-38(43-36)40-29-35(30-41(45-40)39-21-15-19-37(44-39)32-47(8-3)9-4)34-24-22-33(23-25-34)17-12-10-11-13-27-49-51(5,48)50-28-16-26-42;1-55(52,53)54-17-5-3-2-4-8-26-13-15-27(16-14-26)28-18-33(31-11-6-9-29(39-31)20-42(22-35(44)45)23-36(46)47)41-34(19-28)32-12-7-10-30(40-32)21-43(24-37(48)49)25-38(50)51;1-7-5(8)3-4-6(9)10-2;2*1-2;;;;;/h14-15,18-25,29-30H,6-11,13,16,27-28,31-32H2,1-5H3;6-7,9-16,18-19H,2-3,5,17,20-25H2,1H3,(H,44,45)(H,46,47)(H,48,49)(H,50,51)(H,52,53);3-4H2,1-2H3,(H,7,8);2*2H,1H3;2*1H4;;2*1H2/q;;;;;;;+3;;/p-5. The molecule has 0 radical (unpaired) electrons. The SMILES string of the molecule is C.C.CCN(CC)Cc1cccc(-c2cc(-c3ccc(C#CCCCCOP(C)(=O)OCCC#N)cc3)cc(-c3cccc(CN(CC)CC)n3)n2)n1.CNC(=O)CCC(=O)OC.CO.CO.CP(=O)([O-])OCCCCC#Cc1ccc(-c2cc(-c3cccc(CN(CC(=O)[O-])CC(=O)[O-])n3)nc(-c3cccc(CN(CC(=O)[O-])CC(=O)[O-])n3)c2)cc1.S.S.[Eu+3]. The van der Waals surface area contributed by atoms with E-state index >= 15 is 0 Å². The number of pyridine rings is 6. The van der Waals surface area contributed by atoms with E-state index in [1.165, 1.54) is 20.8 Å². The molecule has 1 amide bonds. The van der Waals surface area contributed by atoms with E-state index in [2.05, 4.69) is 130 Å². The molecule has 0 aliphatic heterocycles. The maximum absolute atomic E-state index is 12.2. The molecule has 8 rings (SSSR count). The van der Waals surface area contributed by atoms with Gasteiger partial charge in [-0.15, -0.1) is 0 Å². The van der Waals surface area contributed by atoms with Gasteiger partial charge in [0.1, 0.15) is 7.60 Å². The second-order valence-corrected chi connectivity index (χ2v) is 30.2. The Hall–Kier alpha value is -8.89. The van der Waals surface area contributed by atoms with E-state index in [1.54, 1.807) is 48.5 Å². The molecule has 0 aliphatic rings. The van der Waals surface area contributed by atoms with Crippen LogP contribution < -0.4 is 30.6 Å². The van der Waals surface area contributed by atoms with Gasteiger partial charge in [0.25, 0.3) is 0 Å². The number of nitrogens with one attached hydrogen (secondary N) is 1. The summed E-state index contributed by atoms with van der Waals surface area (Å²) in [4.78, 5) is 113. The van der Waals surface area contributed by atoms with Crippen molar-refractivity contribution < 1.29 is 141 Å². The summed E-state index contributed by atoms with van der Waals surface area (Å²) < 4.78 is 43.0. The van der Waals surface area contributed by atoms with Crippen LogP contribution in [-0.4, -0.2) is 209 Å². The van der Waals surface area contributed by atoms with Crippen LogP contribution in [0.3, 0.4) is 0 Å². The predicted octanol–water partition coefficient (Wildman–Crippen LogP) is 7.45. The molecule has 0 fully saturated rings. The molecule has 3 N–H and O–H groups in total. The average molecular weight is 1940 g/mol. The van der Waals surface area contributed by atoms with E-state index < -0.39 is 65.2 Å². The van der Waals surface area contributed by atoms with E-state index in [-0.39, 0.29) is 149 Å². The molecule has 8 aromatic rings. The van der Waals surface area contributed by atoms with Crippen LogP contribution in [-0.2, 0) is 82.4 Å². The van der Waals surface area contributed by atoms with Crippen molar-refractivity contribution in [2.75, 3.05) is 114 Å². The van der Waals surface area contributed by atoms with Crippen LogP contribution in [0.15, 0.2) is 146 Å². The smallest absolute Gasteiger partial charge is 0.779 e. The maximum Gasteiger partial charge on any atom is 3.00 e. The first-order chi connectivity index (χ1) is 57.6. The summed E-state index contributed by atoms with van der Waals surface area (Å²) in [7, 11) is -2.05. The Morgan fingerprint density at radius 3 is 1.04 bits per heavy atom. The normalized spacial score (nSPS) is 11.2. The van der Waals surface area contributed by atoms with E-state index in [9.17, 15) is 63.2 Å². The molecule has 2 aromatic carbocycles. The van der Waals surface area contributed by atoms with Gasteiger partial charge in [0.2, 0.25) is 5.91 Å². The summed E-state index contributed by atoms with van der Waals surface area (Å²) >= 11 is 0. The summed E-state index contributed by atoms with van der Waals surface area (Å²) in [6.45, 7) is 14.2. The van der Waals surface area contributed by atoms with Crippen molar-refractivity contribution in [2.24, 2.45) is 0 Å². The minimum Gasteiger partial charge on any atom is -0.779 e. The number of carboxylic acids is 4. The molecule has 678 valence electrons. The zero-order chi connectivity index (χ0) is 88.4. The molecule has 6 heterocycles. The second kappa shape index (κ2) is 65.6. The number of nitrogens with zero attached hydrogens (tertiary/aromatic N) is 11. The Morgan fingerprint density at radius 2 is 0.752 bits per heavy atom. The quantitative estimate of drug-likeness (QED) is 0.0145. The molecule has 0 aliphatic carbocycles. The number of unbranched alkanes of at least 4 members (excludes halogenated alkanes) is 4. The van der Waals surface area contributed by atoms with Gasteiger partial charge in [-0.3, -0.25) is 33.8 Å². The van der Waals surface area contributed by atoms with Crippen LogP contribution in [0, 0.1) is 84.4 Å². The van der Waals surface area contributed by atoms with Crippen LogP contribution in [0.25, 0.3) is 67.8 Å². The Bertz CT molecular complexity index is 4640. The second-order valence-electron chi connectivity index (χ2n) is 26.4. The fourth-order valence-electron chi connectivity index (χ4n) is 11.3. The zero-order valence-corrected chi connectivity index (χ0v) is 77.1. The minimum atomic E-state index is -3.75. The average Bonchev–Trinajstić information content (AvgIpc) is 0.799. The topological polar surface area (TPSA) is 455 Å². The van der Waals surface area contributed by atoms with Gasteiger partial charge in [-0.2, -0.15) is 32.3 Å². The number of methoxy groups -OCH3 is 1. The number of amides is 1. The first-order valence-corrected chi connectivity index (χ1v) is 42.7. The van der Waals surface area contributed by atoms with E-state index in [4.69, 9.17) is 49.0 Å². The van der Waals surface area contributed by atoms with Gasteiger partial charge in [-0.25, -0.2) is 29.9 Å². The molecule has 0 bridgehead atoms. The third-order valence-corrected chi connectivity index (χ3v) is 19.2.